The Kier molecular flexibility index (Phi) is 7.87. The summed E-state index contributed by atoms with van der Waals surface area (Å²) in [7, 11) is 0. The summed E-state index contributed by atoms with van der Waals surface area (Å²) in [6, 6.07) is -0.342. The minimum Gasteiger partial charge on any atom is -0.368 e. The van der Waals surface area contributed by atoms with Gasteiger partial charge in [0.1, 0.15) is 6.04 Å². The maximum Gasteiger partial charge on any atom is 0.240 e. The molecule has 5 heterocycles. The van der Waals surface area contributed by atoms with Crippen molar-refractivity contribution < 1.29 is 4.79 Å². The third kappa shape index (κ3) is 5.28. The molecular formula is C25H42N10O. The van der Waals surface area contributed by atoms with Gasteiger partial charge in [-0.05, 0) is 38.9 Å². The number of aromatic nitrogens is 4. The van der Waals surface area contributed by atoms with E-state index in [2.05, 4.69) is 38.0 Å². The van der Waals surface area contributed by atoms with Crippen LogP contribution in [0, 0.1) is 0 Å². The van der Waals surface area contributed by atoms with E-state index in [9.17, 15) is 4.79 Å². The van der Waals surface area contributed by atoms with Crippen molar-refractivity contribution in [2.75, 3.05) is 88.3 Å². The summed E-state index contributed by atoms with van der Waals surface area (Å²) in [6.07, 6.45) is 4.64. The number of fused-ring (bicyclic) bond motifs is 1. The van der Waals surface area contributed by atoms with Crippen LogP contribution in [-0.4, -0.2) is 125 Å². The molecule has 2 N–H and O–H groups in total. The maximum atomic E-state index is 12.1. The Bertz CT molecular complexity index is 1030. The van der Waals surface area contributed by atoms with E-state index >= 15 is 0 Å². The second kappa shape index (κ2) is 11.3. The minimum atomic E-state index is -0.342. The summed E-state index contributed by atoms with van der Waals surface area (Å²) in [6.45, 7) is 17.8. The maximum absolute atomic E-state index is 12.1. The average Bonchev–Trinajstić information content (AvgIpc) is 3.56. The fourth-order valence-corrected chi connectivity index (χ4v) is 5.80. The molecular weight excluding hydrogens is 456 g/mol. The van der Waals surface area contributed by atoms with Crippen molar-refractivity contribution in [1.29, 1.82) is 0 Å². The van der Waals surface area contributed by atoms with Crippen LogP contribution >= 0.6 is 0 Å². The van der Waals surface area contributed by atoms with Gasteiger partial charge in [0.05, 0.1) is 6.33 Å². The highest BCUT2D eigenvalue weighted by molar-refractivity contribution is 5.87. The Hall–Kier alpha value is -2.50. The monoisotopic (exact) mass is 498 g/mol. The Labute approximate surface area is 214 Å². The first-order valence-electron chi connectivity index (χ1n) is 13.8. The van der Waals surface area contributed by atoms with Gasteiger partial charge >= 0.3 is 0 Å². The van der Waals surface area contributed by atoms with Gasteiger partial charge in [-0.1, -0.05) is 13.8 Å². The lowest BCUT2D eigenvalue weighted by Gasteiger charge is -2.35. The SMILES string of the molecule is CCN1CCN(CCCn2cnc3c(N4CCN(CC)CC4)nc(N4CCCC4C(N)=O)nc32)CC1. The molecule has 3 fully saturated rings. The van der Waals surface area contributed by atoms with E-state index in [-0.39, 0.29) is 11.9 Å². The lowest BCUT2D eigenvalue weighted by molar-refractivity contribution is -0.119. The Morgan fingerprint density at radius 1 is 0.917 bits per heavy atom. The quantitative estimate of drug-likeness (QED) is 0.528. The molecule has 36 heavy (non-hydrogen) atoms. The molecule has 0 aliphatic carbocycles. The number of carbonyl (C=O) groups is 1. The number of amides is 1. The second-order valence-corrected chi connectivity index (χ2v) is 10.3. The molecule has 5 rings (SSSR count). The van der Waals surface area contributed by atoms with Crippen LogP contribution in [0.25, 0.3) is 11.2 Å². The van der Waals surface area contributed by atoms with Crippen molar-refractivity contribution in [3.63, 3.8) is 0 Å². The summed E-state index contributed by atoms with van der Waals surface area (Å²) in [5.74, 6) is 1.19. The van der Waals surface area contributed by atoms with E-state index in [0.29, 0.717) is 5.95 Å². The van der Waals surface area contributed by atoms with E-state index in [1.165, 1.54) is 0 Å². The van der Waals surface area contributed by atoms with Crippen LogP contribution in [0.1, 0.15) is 33.1 Å². The molecule has 2 aromatic heterocycles. The normalized spacial score (nSPS) is 22.7. The number of primary amides is 1. The molecule has 1 amide bonds. The van der Waals surface area contributed by atoms with Crippen LogP contribution in [0.15, 0.2) is 6.33 Å². The van der Waals surface area contributed by atoms with Gasteiger partial charge in [0, 0.05) is 65.4 Å². The fraction of sp³-hybridized carbons (Fsp3) is 0.760. The first-order chi connectivity index (χ1) is 17.6. The molecule has 2 aromatic rings. The first-order valence-corrected chi connectivity index (χ1v) is 13.8. The smallest absolute Gasteiger partial charge is 0.240 e. The number of nitrogens with two attached hydrogens (primary N) is 1. The number of aryl methyl sites for hydroxylation is 1. The van der Waals surface area contributed by atoms with Crippen molar-refractivity contribution in [2.45, 2.75) is 45.7 Å². The zero-order chi connectivity index (χ0) is 25.1. The highest BCUT2D eigenvalue weighted by atomic mass is 16.1. The first kappa shape index (κ1) is 25.2. The zero-order valence-corrected chi connectivity index (χ0v) is 22.0. The van der Waals surface area contributed by atoms with Crippen molar-refractivity contribution >= 4 is 28.8 Å². The number of imidazole rings is 1. The number of anilines is 2. The molecule has 0 bridgehead atoms. The third-order valence-electron chi connectivity index (χ3n) is 8.18. The van der Waals surface area contributed by atoms with E-state index < -0.39 is 0 Å². The zero-order valence-electron chi connectivity index (χ0n) is 22.0. The molecule has 1 atom stereocenters. The van der Waals surface area contributed by atoms with Gasteiger partial charge in [-0.25, -0.2) is 4.98 Å². The molecule has 0 spiro atoms. The van der Waals surface area contributed by atoms with Gasteiger partial charge in [0.15, 0.2) is 17.0 Å². The van der Waals surface area contributed by atoms with Gasteiger partial charge in [0.2, 0.25) is 11.9 Å². The number of piperazine rings is 2. The van der Waals surface area contributed by atoms with Crippen molar-refractivity contribution in [1.82, 2.24) is 34.2 Å². The Balaban J connectivity index is 1.37. The summed E-state index contributed by atoms with van der Waals surface area (Å²) in [5.41, 5.74) is 7.45. The van der Waals surface area contributed by atoms with E-state index in [0.717, 1.165) is 121 Å². The second-order valence-electron chi connectivity index (χ2n) is 10.3. The van der Waals surface area contributed by atoms with Gasteiger partial charge < -0.3 is 34.8 Å². The van der Waals surface area contributed by atoms with E-state index in [1.54, 1.807) is 0 Å². The van der Waals surface area contributed by atoms with Crippen molar-refractivity contribution in [3.05, 3.63) is 6.33 Å². The number of likely N-dealkylation sites (N-methyl/N-ethyl adjacent to an activating group) is 2. The molecule has 0 radical (unpaired) electrons. The summed E-state index contributed by atoms with van der Waals surface area (Å²) < 4.78 is 2.17. The molecule has 3 aliphatic heterocycles. The topological polar surface area (TPSA) is 103 Å². The molecule has 3 saturated heterocycles. The van der Waals surface area contributed by atoms with Crippen LogP contribution in [0.5, 0.6) is 0 Å². The summed E-state index contributed by atoms with van der Waals surface area (Å²) in [5, 5.41) is 0. The van der Waals surface area contributed by atoms with Crippen LogP contribution in [0.4, 0.5) is 11.8 Å². The number of nitrogens with zero attached hydrogens (tertiary/aromatic N) is 9. The molecule has 1 unspecified atom stereocenters. The Morgan fingerprint density at radius 3 is 2.25 bits per heavy atom. The largest absolute Gasteiger partial charge is 0.368 e. The van der Waals surface area contributed by atoms with Crippen LogP contribution in [-0.2, 0) is 11.3 Å². The number of hydrogen-bond acceptors (Lipinski definition) is 9. The van der Waals surface area contributed by atoms with Crippen molar-refractivity contribution in [2.24, 2.45) is 5.73 Å². The Morgan fingerprint density at radius 2 is 1.58 bits per heavy atom. The standard InChI is InChI=1S/C25H42N10O/c1-3-30-11-13-32(14-12-30)8-6-9-34-19-27-21-23(33-17-15-31(4-2)16-18-33)28-25(29-24(21)34)35-10-5-7-20(35)22(26)36/h19-20H,3-18H2,1-2H3,(H2,26,36). The third-order valence-corrected chi connectivity index (χ3v) is 8.18. The van der Waals surface area contributed by atoms with Crippen LogP contribution in [0.3, 0.4) is 0 Å². The lowest BCUT2D eigenvalue weighted by atomic mass is 10.2. The van der Waals surface area contributed by atoms with Gasteiger partial charge in [0.25, 0.3) is 0 Å². The van der Waals surface area contributed by atoms with Crippen LogP contribution in [0.2, 0.25) is 0 Å². The van der Waals surface area contributed by atoms with Crippen molar-refractivity contribution in [3.8, 4) is 0 Å². The molecule has 3 aliphatic rings. The number of carbonyl (C=O) groups excluding carboxylic acids is 1. The van der Waals surface area contributed by atoms with Gasteiger partial charge in [-0.15, -0.1) is 0 Å². The predicted molar refractivity (Wildman–Crippen MR) is 142 cm³/mol. The van der Waals surface area contributed by atoms with Crippen LogP contribution < -0.4 is 15.5 Å². The summed E-state index contributed by atoms with van der Waals surface area (Å²) >= 11 is 0. The molecule has 0 aromatic carbocycles. The molecule has 11 nitrogen and oxygen atoms in total. The van der Waals surface area contributed by atoms with Gasteiger partial charge in [-0.3, -0.25) is 4.79 Å². The van der Waals surface area contributed by atoms with E-state index in [1.807, 2.05) is 11.2 Å². The van der Waals surface area contributed by atoms with Gasteiger partial charge in [-0.2, -0.15) is 9.97 Å². The predicted octanol–water partition coefficient (Wildman–Crippen LogP) is 0.450. The highest BCUT2D eigenvalue weighted by Crippen LogP contribution is 2.30. The lowest BCUT2D eigenvalue weighted by Crippen LogP contribution is -2.47. The molecule has 11 heteroatoms. The average molecular weight is 499 g/mol. The summed E-state index contributed by atoms with van der Waals surface area (Å²) in [4.78, 5) is 38.8. The van der Waals surface area contributed by atoms with E-state index in [4.69, 9.17) is 20.7 Å². The highest BCUT2D eigenvalue weighted by Gasteiger charge is 2.33. The number of hydrogen-bond donors (Lipinski definition) is 1. The fourth-order valence-electron chi connectivity index (χ4n) is 5.80. The number of rotatable bonds is 9. The molecule has 0 saturated carbocycles. The minimum absolute atomic E-state index is 0.300. The molecule has 198 valence electrons.